The molecule has 1 aromatic rings. The van der Waals surface area contributed by atoms with Gasteiger partial charge in [0.1, 0.15) is 12.3 Å². The maximum absolute atomic E-state index is 12.5. The molecular weight excluding hydrogens is 368 g/mol. The second-order valence-electron chi connectivity index (χ2n) is 6.90. The van der Waals surface area contributed by atoms with Gasteiger partial charge in [-0.1, -0.05) is 43.3 Å². The molecule has 7 nitrogen and oxygen atoms in total. The molecule has 27 heavy (non-hydrogen) atoms. The van der Waals surface area contributed by atoms with E-state index < -0.39 is 15.8 Å². The number of piperidine rings is 1. The zero-order valence-corrected chi connectivity index (χ0v) is 16.3. The fourth-order valence-electron chi connectivity index (χ4n) is 3.68. The standard InChI is InChI=1S/C19H26N2O5S/c1-2-19(20-11-7-13-27(23,24)26-19)17-10-6-12-21(14-17)18(22)25-15-16-8-4-3-5-9-16/h3-5,7-9,13,17,20H,2,6,10-12,14-15H2,1H3. The SMILES string of the molecule is CCC1(C2CCCN(C(=O)OCc3ccccc3)C2)NCC=CS(=O)(=O)O1. The number of rotatable bonds is 4. The highest BCUT2D eigenvalue weighted by Crippen LogP contribution is 2.34. The van der Waals surface area contributed by atoms with Gasteiger partial charge in [-0.2, -0.15) is 8.42 Å². The quantitative estimate of drug-likeness (QED) is 0.790. The first-order valence-corrected chi connectivity index (χ1v) is 10.7. The number of carbonyl (C=O) groups excluding carboxylic acids is 1. The number of likely N-dealkylation sites (tertiary alicyclic amines) is 1. The number of nitrogens with one attached hydrogen (secondary N) is 1. The summed E-state index contributed by atoms with van der Waals surface area (Å²) in [5.41, 5.74) is -0.0869. The molecule has 148 valence electrons. The molecule has 2 unspecified atom stereocenters. The van der Waals surface area contributed by atoms with E-state index in [2.05, 4.69) is 5.32 Å². The Bertz CT molecular complexity index is 781. The molecule has 2 aliphatic rings. The van der Waals surface area contributed by atoms with Gasteiger partial charge in [0.2, 0.25) is 0 Å². The molecule has 2 aliphatic heterocycles. The highest BCUT2D eigenvalue weighted by atomic mass is 32.2. The number of ether oxygens (including phenoxy) is 1. The zero-order chi connectivity index (χ0) is 19.3. The molecule has 0 saturated carbocycles. The maximum atomic E-state index is 12.5. The van der Waals surface area contributed by atoms with Gasteiger partial charge in [-0.15, -0.1) is 0 Å². The Balaban J connectivity index is 1.66. The molecule has 2 heterocycles. The van der Waals surface area contributed by atoms with E-state index in [0.29, 0.717) is 26.1 Å². The van der Waals surface area contributed by atoms with E-state index in [4.69, 9.17) is 8.92 Å². The molecule has 0 radical (unpaired) electrons. The monoisotopic (exact) mass is 394 g/mol. The lowest BCUT2D eigenvalue weighted by Gasteiger charge is -2.43. The van der Waals surface area contributed by atoms with Crippen molar-refractivity contribution in [1.29, 1.82) is 0 Å². The molecule has 1 saturated heterocycles. The van der Waals surface area contributed by atoms with Gasteiger partial charge in [-0.05, 0) is 24.8 Å². The molecule has 2 atom stereocenters. The third-order valence-corrected chi connectivity index (χ3v) is 6.17. The van der Waals surface area contributed by atoms with Crippen molar-refractivity contribution in [2.45, 2.75) is 38.5 Å². The molecule has 0 aliphatic carbocycles. The minimum Gasteiger partial charge on any atom is -0.445 e. The first-order valence-electron chi connectivity index (χ1n) is 9.27. The smallest absolute Gasteiger partial charge is 0.410 e. The van der Waals surface area contributed by atoms with Crippen molar-refractivity contribution in [2.75, 3.05) is 19.6 Å². The average molecular weight is 394 g/mol. The maximum Gasteiger partial charge on any atom is 0.410 e. The molecule has 1 amide bonds. The van der Waals surface area contributed by atoms with Crippen LogP contribution in [0.5, 0.6) is 0 Å². The number of amides is 1. The van der Waals surface area contributed by atoms with E-state index in [1.54, 1.807) is 11.0 Å². The van der Waals surface area contributed by atoms with E-state index >= 15 is 0 Å². The van der Waals surface area contributed by atoms with Crippen LogP contribution in [0.4, 0.5) is 4.79 Å². The van der Waals surface area contributed by atoms with Crippen molar-refractivity contribution in [3.63, 3.8) is 0 Å². The molecule has 3 rings (SSSR count). The number of benzene rings is 1. The van der Waals surface area contributed by atoms with Gasteiger partial charge in [0.25, 0.3) is 10.1 Å². The van der Waals surface area contributed by atoms with Gasteiger partial charge in [-0.25, -0.2) is 8.98 Å². The van der Waals surface area contributed by atoms with Gasteiger partial charge in [0.05, 0.1) is 5.41 Å². The van der Waals surface area contributed by atoms with E-state index in [1.807, 2.05) is 37.3 Å². The molecule has 0 bridgehead atoms. The van der Waals surface area contributed by atoms with Crippen molar-refractivity contribution >= 4 is 16.2 Å². The summed E-state index contributed by atoms with van der Waals surface area (Å²) in [5.74, 6) is -0.143. The summed E-state index contributed by atoms with van der Waals surface area (Å²) < 4.78 is 35.2. The third-order valence-electron chi connectivity index (χ3n) is 5.12. The Kier molecular flexibility index (Phi) is 6.18. The summed E-state index contributed by atoms with van der Waals surface area (Å²) in [6.45, 7) is 3.49. The molecule has 8 heteroatoms. The molecule has 1 N–H and O–H groups in total. The first kappa shape index (κ1) is 19.9. The highest BCUT2D eigenvalue weighted by molar-refractivity contribution is 7.89. The summed E-state index contributed by atoms with van der Waals surface area (Å²) in [5, 5.41) is 4.31. The van der Waals surface area contributed by atoms with Crippen molar-refractivity contribution in [3.8, 4) is 0 Å². The Labute approximate surface area is 160 Å². The lowest BCUT2D eigenvalue weighted by atomic mass is 9.86. The van der Waals surface area contributed by atoms with E-state index in [-0.39, 0.29) is 18.6 Å². The molecule has 1 fully saturated rings. The Morgan fingerprint density at radius 3 is 2.89 bits per heavy atom. The van der Waals surface area contributed by atoms with E-state index in [9.17, 15) is 13.2 Å². The van der Waals surface area contributed by atoms with E-state index in [0.717, 1.165) is 23.8 Å². The molecule has 1 aromatic carbocycles. The van der Waals surface area contributed by atoms with Crippen molar-refractivity contribution in [2.24, 2.45) is 5.92 Å². The fourth-order valence-corrected chi connectivity index (χ4v) is 4.80. The normalized spacial score (nSPS) is 27.7. The number of carbonyl (C=O) groups is 1. The topological polar surface area (TPSA) is 84.9 Å². The van der Waals surface area contributed by atoms with Crippen LogP contribution < -0.4 is 5.32 Å². The largest absolute Gasteiger partial charge is 0.445 e. The third kappa shape index (κ3) is 4.88. The Morgan fingerprint density at radius 2 is 2.15 bits per heavy atom. The van der Waals surface area contributed by atoms with Crippen LogP contribution >= 0.6 is 0 Å². The van der Waals surface area contributed by atoms with Crippen LogP contribution in [0.15, 0.2) is 41.8 Å². The predicted octanol–water partition coefficient (Wildman–Crippen LogP) is 2.60. The predicted molar refractivity (Wildman–Crippen MR) is 101 cm³/mol. The van der Waals surface area contributed by atoms with Gasteiger partial charge in [0, 0.05) is 25.6 Å². The zero-order valence-electron chi connectivity index (χ0n) is 15.5. The highest BCUT2D eigenvalue weighted by Gasteiger charge is 2.45. The van der Waals surface area contributed by atoms with Crippen LogP contribution in [0, 0.1) is 5.92 Å². The van der Waals surface area contributed by atoms with Gasteiger partial charge >= 0.3 is 6.09 Å². The van der Waals surface area contributed by atoms with E-state index in [1.165, 1.54) is 0 Å². The number of nitrogens with zero attached hydrogens (tertiary/aromatic N) is 1. The number of hydrogen-bond acceptors (Lipinski definition) is 6. The van der Waals surface area contributed by atoms with Crippen LogP contribution in [0.3, 0.4) is 0 Å². The van der Waals surface area contributed by atoms with Gasteiger partial charge < -0.3 is 9.64 Å². The van der Waals surface area contributed by atoms with Crippen LogP contribution in [0.2, 0.25) is 0 Å². The average Bonchev–Trinajstić information content (AvgIpc) is 2.85. The fraction of sp³-hybridized carbons (Fsp3) is 0.526. The van der Waals surface area contributed by atoms with Gasteiger partial charge in [0.15, 0.2) is 0 Å². The van der Waals surface area contributed by atoms with Crippen LogP contribution in [0.25, 0.3) is 0 Å². The van der Waals surface area contributed by atoms with Crippen LogP contribution in [-0.4, -0.2) is 44.8 Å². The lowest BCUT2D eigenvalue weighted by molar-refractivity contribution is -0.0448. The minimum atomic E-state index is -3.75. The summed E-state index contributed by atoms with van der Waals surface area (Å²) >= 11 is 0. The summed E-state index contributed by atoms with van der Waals surface area (Å²) in [6.07, 6.45) is 3.18. The Hall–Kier alpha value is -1.90. The Morgan fingerprint density at radius 1 is 1.37 bits per heavy atom. The van der Waals surface area contributed by atoms with Crippen molar-refractivity contribution < 1.29 is 22.1 Å². The summed E-state index contributed by atoms with van der Waals surface area (Å²) in [7, 11) is -3.75. The van der Waals surface area contributed by atoms with Crippen molar-refractivity contribution in [1.82, 2.24) is 10.2 Å². The van der Waals surface area contributed by atoms with Crippen LogP contribution in [-0.2, 0) is 25.6 Å². The molecule has 0 aromatic heterocycles. The first-order chi connectivity index (χ1) is 12.9. The summed E-state index contributed by atoms with van der Waals surface area (Å²) in [4.78, 5) is 14.1. The van der Waals surface area contributed by atoms with Crippen molar-refractivity contribution in [3.05, 3.63) is 47.4 Å². The second kappa shape index (κ2) is 8.41. The second-order valence-corrected chi connectivity index (χ2v) is 8.32. The van der Waals surface area contributed by atoms with Crippen LogP contribution in [0.1, 0.15) is 31.7 Å². The molecule has 0 spiro atoms. The summed E-state index contributed by atoms with van der Waals surface area (Å²) in [6, 6.07) is 9.51. The minimum absolute atomic E-state index is 0.143. The molecular formula is C19H26N2O5S. The van der Waals surface area contributed by atoms with Gasteiger partial charge in [-0.3, -0.25) is 5.32 Å². The number of hydrogen-bond donors (Lipinski definition) is 1. The lowest BCUT2D eigenvalue weighted by Crippen LogP contribution is -2.58.